The van der Waals surface area contributed by atoms with Crippen molar-refractivity contribution in [3.63, 3.8) is 0 Å². The first-order valence-corrected chi connectivity index (χ1v) is 19.4. The van der Waals surface area contributed by atoms with Crippen LogP contribution >= 0.6 is 0 Å². The number of benzene rings is 1. The summed E-state index contributed by atoms with van der Waals surface area (Å²) < 4.78 is 53.4. The van der Waals surface area contributed by atoms with Crippen LogP contribution in [-0.4, -0.2) is 84.2 Å². The highest BCUT2D eigenvalue weighted by molar-refractivity contribution is 7.91. The zero-order chi connectivity index (χ0) is 36.7. The van der Waals surface area contributed by atoms with Crippen LogP contribution < -0.4 is 15.4 Å². The molecule has 4 amide bonds. The molecule has 5 aliphatic rings. The van der Waals surface area contributed by atoms with E-state index in [9.17, 15) is 36.8 Å². The third-order valence-corrected chi connectivity index (χ3v) is 12.1. The highest BCUT2D eigenvalue weighted by Crippen LogP contribution is 2.46. The summed E-state index contributed by atoms with van der Waals surface area (Å²) in [6.07, 6.45) is 6.44. The predicted molar refractivity (Wildman–Crippen MR) is 182 cm³/mol. The van der Waals surface area contributed by atoms with E-state index < -0.39 is 92.0 Å². The van der Waals surface area contributed by atoms with E-state index in [1.54, 1.807) is 32.9 Å². The van der Waals surface area contributed by atoms with E-state index in [1.807, 2.05) is 12.2 Å². The first-order valence-electron chi connectivity index (χ1n) is 17.9. The number of nitrogens with one attached hydrogen (secondary N) is 3. The van der Waals surface area contributed by atoms with Gasteiger partial charge in [-0.15, -0.1) is 0 Å². The molecule has 51 heavy (non-hydrogen) atoms. The molecule has 1 aromatic rings. The molecular formula is C36H47FN4O9S. The molecule has 2 saturated carbocycles. The Hall–Kier alpha value is -4.01. The molecule has 1 unspecified atom stereocenters. The van der Waals surface area contributed by atoms with E-state index in [0.717, 1.165) is 18.4 Å². The van der Waals surface area contributed by atoms with Crippen molar-refractivity contribution in [2.75, 3.05) is 6.54 Å². The maximum Gasteiger partial charge on any atom is 0.408 e. The SMILES string of the molecule is CC(C)(C)OC(=O)N[C@H]1CCCCC/C=C\[C@H]2C[C@@]2(C(=O)NS(=O)(=O)C2CC2)NC(=O)[C@@H]2C[C@@H](OC(=O)C3Cc4cccc(F)c4C3)CN2C1=O. The van der Waals surface area contributed by atoms with Crippen LogP contribution in [0.3, 0.4) is 0 Å². The zero-order valence-electron chi connectivity index (χ0n) is 29.2. The average Bonchev–Trinajstić information content (AvgIpc) is 3.93. The monoisotopic (exact) mass is 730 g/mol. The van der Waals surface area contributed by atoms with E-state index in [2.05, 4.69) is 15.4 Å². The lowest BCUT2D eigenvalue weighted by molar-refractivity contribution is -0.153. The fourth-order valence-corrected chi connectivity index (χ4v) is 8.70. The van der Waals surface area contributed by atoms with Gasteiger partial charge in [-0.25, -0.2) is 17.6 Å². The number of carbonyl (C=O) groups is 5. The van der Waals surface area contributed by atoms with E-state index >= 15 is 0 Å². The average molecular weight is 731 g/mol. The number of allylic oxidation sites excluding steroid dienone is 1. The molecule has 3 aliphatic carbocycles. The Morgan fingerprint density at radius 1 is 1.06 bits per heavy atom. The molecule has 6 atom stereocenters. The fraction of sp³-hybridized carbons (Fsp3) is 0.639. The summed E-state index contributed by atoms with van der Waals surface area (Å²) in [6.45, 7) is 4.93. The number of halogens is 1. The molecule has 1 aromatic carbocycles. The molecule has 0 aromatic heterocycles. The molecule has 3 fully saturated rings. The van der Waals surface area contributed by atoms with E-state index in [4.69, 9.17) is 9.47 Å². The van der Waals surface area contributed by atoms with Gasteiger partial charge in [0.1, 0.15) is 35.1 Å². The summed E-state index contributed by atoms with van der Waals surface area (Å²) in [4.78, 5) is 69.6. The minimum absolute atomic E-state index is 0.102. The Bertz CT molecular complexity index is 1720. The van der Waals surface area contributed by atoms with Crippen LogP contribution in [0.5, 0.6) is 0 Å². The lowest BCUT2D eigenvalue weighted by Crippen LogP contribution is -2.58. The lowest BCUT2D eigenvalue weighted by Gasteiger charge is -2.30. The van der Waals surface area contributed by atoms with E-state index in [1.165, 1.54) is 11.0 Å². The normalized spacial score (nSPS) is 30.4. The van der Waals surface area contributed by atoms with Gasteiger partial charge in [-0.2, -0.15) is 0 Å². The van der Waals surface area contributed by atoms with Crippen molar-refractivity contribution in [2.45, 2.75) is 126 Å². The number of carbonyl (C=O) groups excluding carboxylic acids is 5. The third kappa shape index (κ3) is 8.39. The number of hydrogen-bond acceptors (Lipinski definition) is 9. The Balaban J connectivity index is 1.25. The van der Waals surface area contributed by atoms with Gasteiger partial charge in [0.05, 0.1) is 17.7 Å². The van der Waals surface area contributed by atoms with Gasteiger partial charge in [0.15, 0.2) is 0 Å². The molecule has 278 valence electrons. The van der Waals surface area contributed by atoms with Crippen LogP contribution in [-0.2, 0) is 51.5 Å². The van der Waals surface area contributed by atoms with E-state index in [0.29, 0.717) is 37.7 Å². The van der Waals surface area contributed by atoms with Crippen molar-refractivity contribution in [3.05, 3.63) is 47.3 Å². The van der Waals surface area contributed by atoms with Crippen molar-refractivity contribution in [3.8, 4) is 0 Å². The highest BCUT2D eigenvalue weighted by atomic mass is 32.2. The molecule has 13 nitrogen and oxygen atoms in total. The smallest absolute Gasteiger partial charge is 0.408 e. The van der Waals surface area contributed by atoms with Crippen LogP contribution in [0.4, 0.5) is 9.18 Å². The second-order valence-corrected chi connectivity index (χ2v) is 17.5. The van der Waals surface area contributed by atoms with Crippen LogP contribution in [0.1, 0.15) is 89.7 Å². The number of ether oxygens (including phenoxy) is 2. The number of nitrogens with zero attached hydrogens (tertiary/aromatic N) is 1. The second kappa shape index (κ2) is 14.2. The first-order chi connectivity index (χ1) is 24.1. The Labute approximate surface area is 297 Å². The maximum atomic E-state index is 14.4. The van der Waals surface area contributed by atoms with Crippen molar-refractivity contribution < 1.29 is 46.3 Å². The standard InChI is InChI=1S/C36H47FN4O9S/c1-35(2,3)50-34(46)38-28-13-8-6-4-5-7-11-23-19-36(23,33(45)40-51(47,48)25-14-15-25)39-30(42)29-18-24(20-41(29)31(28)43)49-32(44)22-16-21-10-9-12-27(37)26(21)17-22/h7,9-12,22-25,28-29H,4-6,8,13-20H2,1-3H3,(H,38,46)(H,39,42)(H,40,45)/b11-7-/t22?,23-,24+,28-,29-,36+/m0/s1. The quantitative estimate of drug-likeness (QED) is 0.294. The van der Waals surface area contributed by atoms with Gasteiger partial charge in [-0.3, -0.25) is 23.9 Å². The minimum atomic E-state index is -3.91. The van der Waals surface area contributed by atoms with Crippen LogP contribution in [0, 0.1) is 17.7 Å². The van der Waals surface area contributed by atoms with Gasteiger partial charge in [0.2, 0.25) is 21.8 Å². The number of amides is 4. The van der Waals surface area contributed by atoms with Gasteiger partial charge in [-0.05, 0) is 89.3 Å². The van der Waals surface area contributed by atoms with Crippen LogP contribution in [0.2, 0.25) is 0 Å². The van der Waals surface area contributed by atoms with Gasteiger partial charge in [-0.1, -0.05) is 37.1 Å². The molecule has 0 spiro atoms. The Morgan fingerprint density at radius 3 is 2.53 bits per heavy atom. The van der Waals surface area contributed by atoms with Gasteiger partial charge in [0, 0.05) is 12.3 Å². The first kappa shape index (κ1) is 36.8. The molecule has 0 bridgehead atoms. The van der Waals surface area contributed by atoms with Crippen molar-refractivity contribution in [1.82, 2.24) is 20.3 Å². The number of esters is 1. The summed E-state index contributed by atoms with van der Waals surface area (Å²) in [7, 11) is -3.91. The Kier molecular flexibility index (Phi) is 10.2. The zero-order valence-corrected chi connectivity index (χ0v) is 30.1. The molecule has 1 saturated heterocycles. The molecule has 2 aliphatic heterocycles. The van der Waals surface area contributed by atoms with Crippen molar-refractivity contribution in [2.24, 2.45) is 11.8 Å². The molecule has 15 heteroatoms. The molecule has 2 heterocycles. The molecule has 0 radical (unpaired) electrons. The fourth-order valence-electron chi connectivity index (χ4n) is 7.33. The summed E-state index contributed by atoms with van der Waals surface area (Å²) in [5, 5.41) is 4.81. The van der Waals surface area contributed by atoms with Crippen LogP contribution in [0.15, 0.2) is 30.4 Å². The maximum absolute atomic E-state index is 14.4. The van der Waals surface area contributed by atoms with Gasteiger partial charge in [0.25, 0.3) is 5.91 Å². The third-order valence-electron chi connectivity index (χ3n) is 10.3. The summed E-state index contributed by atoms with van der Waals surface area (Å²) in [5.74, 6) is -4.20. The summed E-state index contributed by atoms with van der Waals surface area (Å²) >= 11 is 0. The second-order valence-electron chi connectivity index (χ2n) is 15.5. The number of alkyl carbamates (subject to hydrolysis) is 1. The number of fused-ring (bicyclic) bond motifs is 3. The van der Waals surface area contributed by atoms with Gasteiger partial charge >= 0.3 is 12.1 Å². The van der Waals surface area contributed by atoms with Crippen molar-refractivity contribution in [1.29, 1.82) is 0 Å². The molecule has 3 N–H and O–H groups in total. The number of hydrogen-bond donors (Lipinski definition) is 3. The minimum Gasteiger partial charge on any atom is -0.460 e. The van der Waals surface area contributed by atoms with Gasteiger partial charge < -0.3 is 25.0 Å². The lowest BCUT2D eigenvalue weighted by atomic mass is 10.0. The Morgan fingerprint density at radius 2 is 1.82 bits per heavy atom. The number of rotatable bonds is 6. The van der Waals surface area contributed by atoms with E-state index in [-0.39, 0.29) is 32.2 Å². The largest absolute Gasteiger partial charge is 0.460 e. The molecule has 6 rings (SSSR count). The predicted octanol–water partition coefficient (Wildman–Crippen LogP) is 2.95. The molecular weight excluding hydrogens is 683 g/mol. The highest BCUT2D eigenvalue weighted by Gasteiger charge is 2.62. The summed E-state index contributed by atoms with van der Waals surface area (Å²) in [5.41, 5.74) is -1.20. The van der Waals surface area contributed by atoms with Crippen molar-refractivity contribution >= 4 is 39.8 Å². The summed E-state index contributed by atoms with van der Waals surface area (Å²) in [6, 6.07) is 2.42. The van der Waals surface area contributed by atoms with Crippen LogP contribution in [0.25, 0.3) is 0 Å². The number of sulfonamides is 1. The topological polar surface area (TPSA) is 177 Å².